The molecule has 1 aromatic carbocycles. The van der Waals surface area contributed by atoms with Gasteiger partial charge in [0, 0.05) is 20.1 Å². The number of aromatic nitrogens is 4. The number of nitriles is 1. The van der Waals surface area contributed by atoms with Gasteiger partial charge in [-0.05, 0) is 37.0 Å². The first kappa shape index (κ1) is 20.2. The minimum atomic E-state index is -0.492. The van der Waals surface area contributed by atoms with Crippen molar-refractivity contribution in [1.29, 1.82) is 5.26 Å². The lowest BCUT2D eigenvalue weighted by Crippen LogP contribution is -2.39. The summed E-state index contributed by atoms with van der Waals surface area (Å²) in [4.78, 5) is 30.5. The Morgan fingerprint density at radius 3 is 2.70 bits per heavy atom. The van der Waals surface area contributed by atoms with Crippen LogP contribution in [0.1, 0.15) is 30.4 Å². The van der Waals surface area contributed by atoms with Gasteiger partial charge >= 0.3 is 5.69 Å². The molecule has 1 aliphatic carbocycles. The van der Waals surface area contributed by atoms with E-state index in [1.54, 1.807) is 36.9 Å². The molecule has 1 saturated carbocycles. The number of nitrogens with zero attached hydrogens (tertiary/aromatic N) is 5. The topological polar surface area (TPSA) is 118 Å². The summed E-state index contributed by atoms with van der Waals surface area (Å²) in [6.45, 7) is 0.0234. The van der Waals surface area contributed by atoms with Crippen LogP contribution in [0.3, 0.4) is 0 Å². The molecular formula is C20H21ClN6O3. The summed E-state index contributed by atoms with van der Waals surface area (Å²) < 4.78 is 4.12. The lowest BCUT2D eigenvalue weighted by molar-refractivity contribution is 0.182. The van der Waals surface area contributed by atoms with Crippen molar-refractivity contribution in [1.82, 2.24) is 18.7 Å². The average Bonchev–Trinajstić information content (AvgIpc) is 3.27. The van der Waals surface area contributed by atoms with Gasteiger partial charge in [0.2, 0.25) is 5.95 Å². The van der Waals surface area contributed by atoms with E-state index in [9.17, 15) is 14.7 Å². The van der Waals surface area contributed by atoms with Crippen LogP contribution in [0, 0.1) is 11.3 Å². The van der Waals surface area contributed by atoms with Gasteiger partial charge in [0.05, 0.1) is 23.2 Å². The number of aliphatic hydroxyl groups is 1. The fraction of sp³-hybridized carbons (Fsp3) is 0.400. The summed E-state index contributed by atoms with van der Waals surface area (Å²) in [6, 6.07) is 6.86. The number of aryl methyl sites for hydroxylation is 2. The quantitative estimate of drug-likeness (QED) is 0.647. The smallest absolute Gasteiger partial charge is 0.332 e. The van der Waals surface area contributed by atoms with Gasteiger partial charge in [-0.3, -0.25) is 13.9 Å². The number of rotatable bonds is 4. The van der Waals surface area contributed by atoms with Gasteiger partial charge in [-0.1, -0.05) is 17.7 Å². The van der Waals surface area contributed by atoms with Crippen molar-refractivity contribution >= 4 is 28.7 Å². The minimum Gasteiger partial charge on any atom is -0.393 e. The van der Waals surface area contributed by atoms with E-state index in [1.165, 1.54) is 4.57 Å². The van der Waals surface area contributed by atoms with Crippen LogP contribution in [0.4, 0.5) is 5.95 Å². The zero-order valence-electron chi connectivity index (χ0n) is 16.6. The van der Waals surface area contributed by atoms with E-state index < -0.39 is 11.2 Å². The zero-order valence-corrected chi connectivity index (χ0v) is 17.3. The van der Waals surface area contributed by atoms with Gasteiger partial charge < -0.3 is 15.0 Å². The summed E-state index contributed by atoms with van der Waals surface area (Å²) >= 11 is 6.09. The van der Waals surface area contributed by atoms with Crippen LogP contribution in [0.5, 0.6) is 0 Å². The van der Waals surface area contributed by atoms with Crippen LogP contribution in [-0.4, -0.2) is 35.9 Å². The molecule has 2 aromatic heterocycles. The maximum atomic E-state index is 13.2. The van der Waals surface area contributed by atoms with E-state index in [2.05, 4.69) is 10.3 Å². The van der Waals surface area contributed by atoms with Crippen molar-refractivity contribution in [2.75, 3.05) is 5.32 Å². The molecule has 2 heterocycles. The van der Waals surface area contributed by atoms with Crippen LogP contribution in [0.15, 0.2) is 27.8 Å². The lowest BCUT2D eigenvalue weighted by atomic mass is 10.1. The molecule has 2 atom stereocenters. The number of hydrogen-bond acceptors (Lipinski definition) is 6. The standard InChI is InChI=1S/C20H21ClN6O3/c1-25-16-17(24-19(25)23-13-5-6-14(28)8-13)26(2)20(30)27(18(16)29)10-11-3-4-12(9-22)15(21)7-11/h3-4,7,13-14,28H,5-6,8,10H2,1-2H3,(H,23,24)/t13?,14-/m1/s1. The van der Waals surface area contributed by atoms with E-state index in [1.807, 2.05) is 6.07 Å². The van der Waals surface area contributed by atoms with Crippen molar-refractivity contribution in [2.24, 2.45) is 14.1 Å². The Labute approximate surface area is 176 Å². The molecule has 156 valence electrons. The molecule has 0 spiro atoms. The van der Waals surface area contributed by atoms with Crippen LogP contribution in [-0.2, 0) is 20.6 Å². The van der Waals surface area contributed by atoms with Gasteiger partial charge in [-0.25, -0.2) is 4.79 Å². The maximum Gasteiger partial charge on any atom is 0.332 e. The predicted octanol–water partition coefficient (Wildman–Crippen LogP) is 1.33. The molecule has 9 nitrogen and oxygen atoms in total. The van der Waals surface area contributed by atoms with Crippen LogP contribution >= 0.6 is 11.6 Å². The second kappa shape index (κ2) is 7.63. The van der Waals surface area contributed by atoms with Gasteiger partial charge in [0.1, 0.15) is 6.07 Å². The molecule has 3 aromatic rings. The maximum absolute atomic E-state index is 13.2. The zero-order chi connectivity index (χ0) is 21.6. The Balaban J connectivity index is 1.77. The minimum absolute atomic E-state index is 0.0234. The number of aliphatic hydroxyl groups excluding tert-OH is 1. The average molecular weight is 429 g/mol. The monoisotopic (exact) mass is 428 g/mol. The van der Waals surface area contributed by atoms with Gasteiger partial charge in [0.15, 0.2) is 11.2 Å². The SMILES string of the molecule is Cn1c(NC2CC[C@@H](O)C2)nc2c1c(=O)n(Cc1ccc(C#N)c(Cl)c1)c(=O)n2C. The van der Waals surface area contributed by atoms with Crippen molar-refractivity contribution in [3.63, 3.8) is 0 Å². The van der Waals surface area contributed by atoms with E-state index in [4.69, 9.17) is 16.9 Å². The molecule has 1 unspecified atom stereocenters. The van der Waals surface area contributed by atoms with Crippen molar-refractivity contribution in [2.45, 2.75) is 38.0 Å². The summed E-state index contributed by atoms with van der Waals surface area (Å²) in [5.41, 5.74) is 0.617. The molecule has 4 rings (SSSR count). The van der Waals surface area contributed by atoms with Crippen LogP contribution in [0.25, 0.3) is 11.2 Å². The molecule has 30 heavy (non-hydrogen) atoms. The number of fused-ring (bicyclic) bond motifs is 1. The molecule has 1 aliphatic rings. The van der Waals surface area contributed by atoms with Gasteiger partial charge in [-0.15, -0.1) is 0 Å². The Morgan fingerprint density at radius 1 is 1.30 bits per heavy atom. The van der Waals surface area contributed by atoms with E-state index in [-0.39, 0.29) is 23.7 Å². The summed E-state index contributed by atoms with van der Waals surface area (Å²) in [5.74, 6) is 0.482. The van der Waals surface area contributed by atoms with E-state index in [0.717, 1.165) is 17.4 Å². The molecular weight excluding hydrogens is 408 g/mol. The highest BCUT2D eigenvalue weighted by atomic mass is 35.5. The second-order valence-corrected chi connectivity index (χ2v) is 8.04. The highest BCUT2D eigenvalue weighted by Gasteiger charge is 2.25. The molecule has 0 bridgehead atoms. The largest absolute Gasteiger partial charge is 0.393 e. The molecule has 2 N–H and O–H groups in total. The molecule has 0 radical (unpaired) electrons. The van der Waals surface area contributed by atoms with Crippen molar-refractivity contribution in [3.8, 4) is 6.07 Å². The van der Waals surface area contributed by atoms with Crippen molar-refractivity contribution in [3.05, 3.63) is 55.2 Å². The fourth-order valence-electron chi connectivity index (χ4n) is 3.91. The van der Waals surface area contributed by atoms with Crippen LogP contribution < -0.4 is 16.6 Å². The third kappa shape index (κ3) is 3.38. The number of benzene rings is 1. The first-order valence-electron chi connectivity index (χ1n) is 9.59. The first-order chi connectivity index (χ1) is 14.3. The Kier molecular flexibility index (Phi) is 5.13. The Bertz CT molecular complexity index is 1300. The number of nitrogens with one attached hydrogen (secondary N) is 1. The summed E-state index contributed by atoms with van der Waals surface area (Å²) in [7, 11) is 3.29. The number of halogens is 1. The normalized spacial score (nSPS) is 18.6. The predicted molar refractivity (Wildman–Crippen MR) is 113 cm³/mol. The lowest BCUT2D eigenvalue weighted by Gasteiger charge is -2.12. The highest BCUT2D eigenvalue weighted by molar-refractivity contribution is 6.31. The molecule has 0 saturated heterocycles. The molecule has 0 aliphatic heterocycles. The van der Waals surface area contributed by atoms with Gasteiger partial charge in [0.25, 0.3) is 5.56 Å². The first-order valence-corrected chi connectivity index (χ1v) is 9.97. The molecule has 1 fully saturated rings. The fourth-order valence-corrected chi connectivity index (χ4v) is 4.16. The summed E-state index contributed by atoms with van der Waals surface area (Å²) in [6.07, 6.45) is 1.82. The third-order valence-electron chi connectivity index (χ3n) is 5.59. The third-order valence-corrected chi connectivity index (χ3v) is 5.91. The molecule has 0 amide bonds. The van der Waals surface area contributed by atoms with Crippen molar-refractivity contribution < 1.29 is 5.11 Å². The number of anilines is 1. The number of hydrogen-bond donors (Lipinski definition) is 2. The van der Waals surface area contributed by atoms with Gasteiger partial charge in [-0.2, -0.15) is 10.2 Å². The number of imidazole rings is 1. The van der Waals surface area contributed by atoms with Crippen LogP contribution in [0.2, 0.25) is 5.02 Å². The molecule has 10 heteroatoms. The Hall–Kier alpha value is -3.09. The van der Waals surface area contributed by atoms with E-state index >= 15 is 0 Å². The van der Waals surface area contributed by atoms with E-state index in [0.29, 0.717) is 34.7 Å². The summed E-state index contributed by atoms with van der Waals surface area (Å²) in [5, 5.41) is 22.3. The Morgan fingerprint density at radius 2 is 2.07 bits per heavy atom. The second-order valence-electron chi connectivity index (χ2n) is 7.63. The highest BCUT2D eigenvalue weighted by Crippen LogP contribution is 2.23.